The van der Waals surface area contributed by atoms with Crippen molar-refractivity contribution < 1.29 is 17.9 Å². The standard InChI is InChI=1S/C14H13BrN6O4S/c1-9-17-12(19-13(18-9)25-2)20-14(22)21(26(16,23)24)11-6-4-3-5-10(11)7-8-15/h3-6H,1-2H3,(H2,16,23,24)(H,17,18,19,20,22). The summed E-state index contributed by atoms with van der Waals surface area (Å²) in [7, 11) is -3.13. The summed E-state index contributed by atoms with van der Waals surface area (Å²) in [4.78, 5) is 26.7. The Labute approximate surface area is 158 Å². The molecule has 0 saturated carbocycles. The monoisotopic (exact) mass is 440 g/mol. The number of urea groups is 1. The van der Waals surface area contributed by atoms with Gasteiger partial charge in [0, 0.05) is 15.9 Å². The molecule has 0 aliphatic carbocycles. The summed E-state index contributed by atoms with van der Waals surface area (Å²) in [5.74, 6) is 2.71. The molecule has 0 unspecified atom stereocenters. The van der Waals surface area contributed by atoms with E-state index in [1.807, 2.05) is 0 Å². The molecule has 0 saturated heterocycles. The van der Waals surface area contributed by atoms with E-state index in [1.165, 1.54) is 25.3 Å². The molecule has 0 radical (unpaired) electrons. The highest BCUT2D eigenvalue weighted by molar-refractivity contribution is 9.12. The van der Waals surface area contributed by atoms with Gasteiger partial charge in [0.25, 0.3) is 0 Å². The second kappa shape index (κ2) is 8.09. The molecule has 1 aromatic carbocycles. The molecule has 0 fully saturated rings. The summed E-state index contributed by atoms with van der Waals surface area (Å²) in [5.41, 5.74) is 0.232. The van der Waals surface area contributed by atoms with Crippen LogP contribution in [0.3, 0.4) is 0 Å². The Kier molecular flexibility index (Phi) is 6.09. The van der Waals surface area contributed by atoms with Crippen molar-refractivity contribution in [3.63, 3.8) is 0 Å². The molecule has 12 heteroatoms. The maximum Gasteiger partial charge on any atom is 0.343 e. The third kappa shape index (κ3) is 4.66. The quantitative estimate of drug-likeness (QED) is 0.678. The van der Waals surface area contributed by atoms with Crippen LogP contribution in [0.2, 0.25) is 0 Å². The average molecular weight is 441 g/mol. The van der Waals surface area contributed by atoms with Crippen molar-refractivity contribution in [1.29, 1.82) is 0 Å². The molecular weight excluding hydrogens is 428 g/mol. The second-order valence-electron chi connectivity index (χ2n) is 4.67. The van der Waals surface area contributed by atoms with Gasteiger partial charge in [0.1, 0.15) is 5.82 Å². The van der Waals surface area contributed by atoms with Crippen molar-refractivity contribution in [1.82, 2.24) is 15.0 Å². The highest BCUT2D eigenvalue weighted by Crippen LogP contribution is 2.22. The van der Waals surface area contributed by atoms with Gasteiger partial charge < -0.3 is 4.74 Å². The lowest BCUT2D eigenvalue weighted by atomic mass is 10.2. The van der Waals surface area contributed by atoms with Crippen molar-refractivity contribution >= 4 is 43.8 Å². The van der Waals surface area contributed by atoms with Gasteiger partial charge in [-0.1, -0.05) is 18.1 Å². The van der Waals surface area contributed by atoms with Gasteiger partial charge in [0.2, 0.25) is 5.95 Å². The van der Waals surface area contributed by atoms with Crippen LogP contribution in [-0.2, 0) is 10.2 Å². The SMILES string of the molecule is COc1nc(C)nc(NC(=O)N(c2ccccc2C#CBr)S(N)(=O)=O)n1. The van der Waals surface area contributed by atoms with Crippen LogP contribution in [0, 0.1) is 17.7 Å². The molecule has 136 valence electrons. The second-order valence-corrected chi connectivity index (χ2v) is 6.46. The summed E-state index contributed by atoms with van der Waals surface area (Å²) in [6.45, 7) is 1.55. The van der Waals surface area contributed by atoms with E-state index >= 15 is 0 Å². The number of anilines is 2. The molecule has 1 aromatic heterocycles. The smallest absolute Gasteiger partial charge is 0.343 e. The van der Waals surface area contributed by atoms with E-state index in [9.17, 15) is 13.2 Å². The van der Waals surface area contributed by atoms with Gasteiger partial charge >= 0.3 is 22.3 Å². The molecule has 26 heavy (non-hydrogen) atoms. The van der Waals surface area contributed by atoms with Gasteiger partial charge in [-0.3, -0.25) is 5.32 Å². The lowest BCUT2D eigenvalue weighted by Crippen LogP contribution is -2.44. The normalized spacial score (nSPS) is 10.5. The van der Waals surface area contributed by atoms with Crippen molar-refractivity contribution in [3.8, 4) is 16.8 Å². The summed E-state index contributed by atoms with van der Waals surface area (Å²) >= 11 is 2.93. The lowest BCUT2D eigenvalue weighted by molar-refractivity contribution is 0.259. The van der Waals surface area contributed by atoms with Crippen LogP contribution < -0.4 is 19.5 Å². The molecule has 0 bridgehead atoms. The van der Waals surface area contributed by atoms with E-state index in [0.717, 1.165) is 0 Å². The Hall–Kier alpha value is -2.75. The number of halogens is 1. The number of para-hydroxylation sites is 1. The van der Waals surface area contributed by atoms with Crippen molar-refractivity contribution in [2.24, 2.45) is 5.14 Å². The Balaban J connectivity index is 2.47. The number of carbonyl (C=O) groups excluding carboxylic acids is 1. The first-order valence-electron chi connectivity index (χ1n) is 6.87. The highest BCUT2D eigenvalue weighted by atomic mass is 79.9. The predicted octanol–water partition coefficient (Wildman–Crippen LogP) is 1.13. The molecular formula is C14H13BrN6O4S. The Morgan fingerprint density at radius 1 is 1.31 bits per heavy atom. The number of aromatic nitrogens is 3. The average Bonchev–Trinajstić information content (AvgIpc) is 2.55. The molecule has 2 amide bonds. The fourth-order valence-electron chi connectivity index (χ4n) is 1.92. The molecule has 0 spiro atoms. The minimum absolute atomic E-state index is 0.0304. The molecule has 10 nitrogen and oxygen atoms in total. The fraction of sp³-hybridized carbons (Fsp3) is 0.143. The number of methoxy groups -OCH3 is 1. The number of rotatable bonds is 4. The van der Waals surface area contributed by atoms with E-state index < -0.39 is 16.2 Å². The molecule has 0 aliphatic rings. The number of benzene rings is 1. The first-order valence-corrected chi connectivity index (χ1v) is 9.17. The lowest BCUT2D eigenvalue weighted by Gasteiger charge is -2.21. The first-order chi connectivity index (χ1) is 12.3. The topological polar surface area (TPSA) is 140 Å². The van der Waals surface area contributed by atoms with Crippen molar-refractivity contribution in [3.05, 3.63) is 35.7 Å². The van der Waals surface area contributed by atoms with E-state index in [1.54, 1.807) is 13.0 Å². The summed E-state index contributed by atoms with van der Waals surface area (Å²) < 4.78 is 29.3. The number of ether oxygens (including phenoxy) is 1. The zero-order chi connectivity index (χ0) is 19.3. The molecule has 2 aromatic rings. The summed E-state index contributed by atoms with van der Waals surface area (Å²) in [6.07, 6.45) is 0. The van der Waals surface area contributed by atoms with Crippen LogP contribution in [-0.4, -0.2) is 36.5 Å². The molecule has 3 N–H and O–H groups in total. The molecule has 0 atom stereocenters. The molecule has 0 aliphatic heterocycles. The number of nitrogens with one attached hydrogen (secondary N) is 1. The fourth-order valence-corrected chi connectivity index (χ4v) is 2.84. The van der Waals surface area contributed by atoms with Crippen LogP contribution in [0.1, 0.15) is 11.4 Å². The molecule has 1 heterocycles. The van der Waals surface area contributed by atoms with Crippen molar-refractivity contribution in [2.45, 2.75) is 6.92 Å². The maximum atomic E-state index is 12.6. The number of nitrogens with zero attached hydrogens (tertiary/aromatic N) is 4. The number of aryl methyl sites for hydroxylation is 1. The minimum atomic E-state index is -4.47. The Bertz CT molecular complexity index is 1000. The van der Waals surface area contributed by atoms with Crippen LogP contribution in [0.5, 0.6) is 6.01 Å². The van der Waals surface area contributed by atoms with Crippen LogP contribution in [0.25, 0.3) is 0 Å². The van der Waals surface area contributed by atoms with E-state index in [2.05, 4.69) is 46.9 Å². The third-order valence-electron chi connectivity index (χ3n) is 2.87. The van der Waals surface area contributed by atoms with Gasteiger partial charge in [0.15, 0.2) is 0 Å². The largest absolute Gasteiger partial charge is 0.467 e. The zero-order valence-corrected chi connectivity index (χ0v) is 16.0. The number of hydrogen-bond donors (Lipinski definition) is 2. The first kappa shape index (κ1) is 19.6. The number of hydrogen-bond acceptors (Lipinski definition) is 7. The van der Waals surface area contributed by atoms with Gasteiger partial charge in [-0.25, -0.2) is 9.93 Å². The summed E-state index contributed by atoms with van der Waals surface area (Å²) in [5, 5.41) is 7.47. The van der Waals surface area contributed by atoms with Gasteiger partial charge in [0.05, 0.1) is 18.4 Å². The van der Waals surface area contributed by atoms with Gasteiger partial charge in [-0.2, -0.15) is 27.7 Å². The third-order valence-corrected chi connectivity index (χ3v) is 3.94. The Morgan fingerprint density at radius 2 is 2.00 bits per heavy atom. The number of nitrogens with two attached hydrogens (primary N) is 1. The van der Waals surface area contributed by atoms with Crippen LogP contribution >= 0.6 is 15.9 Å². The molecule has 2 rings (SSSR count). The van der Waals surface area contributed by atoms with Gasteiger partial charge in [-0.05, 0) is 23.9 Å². The predicted molar refractivity (Wildman–Crippen MR) is 98.0 cm³/mol. The zero-order valence-electron chi connectivity index (χ0n) is 13.6. The van der Waals surface area contributed by atoms with E-state index in [0.29, 0.717) is 4.31 Å². The van der Waals surface area contributed by atoms with E-state index in [4.69, 9.17) is 9.88 Å². The Morgan fingerprint density at radius 3 is 2.62 bits per heavy atom. The maximum absolute atomic E-state index is 12.6. The van der Waals surface area contributed by atoms with E-state index in [-0.39, 0.29) is 29.0 Å². The van der Waals surface area contributed by atoms with Crippen molar-refractivity contribution in [2.75, 3.05) is 16.7 Å². The van der Waals surface area contributed by atoms with Gasteiger partial charge in [-0.15, -0.1) is 0 Å². The summed E-state index contributed by atoms with van der Waals surface area (Å²) in [6, 6.07) is 4.96. The van der Waals surface area contributed by atoms with Crippen LogP contribution in [0.15, 0.2) is 24.3 Å². The highest BCUT2D eigenvalue weighted by Gasteiger charge is 2.28. The number of amides is 2. The van der Waals surface area contributed by atoms with Crippen LogP contribution in [0.4, 0.5) is 16.4 Å². The minimum Gasteiger partial charge on any atom is -0.467 e. The number of carbonyl (C=O) groups is 1.